The number of nitrogens with one attached hydrogen (secondary N) is 1. The van der Waals surface area contributed by atoms with E-state index in [1.54, 1.807) is 35.1 Å². The molecule has 3 atom stereocenters. The molecule has 0 unspecified atom stereocenters. The zero-order chi connectivity index (χ0) is 22.2. The Balaban J connectivity index is 1.54. The molecule has 4 rings (SSSR count). The highest BCUT2D eigenvalue weighted by Gasteiger charge is 2.43. The maximum Gasteiger partial charge on any atom is 0.254 e. The second-order valence-electron chi connectivity index (χ2n) is 8.74. The van der Waals surface area contributed by atoms with Gasteiger partial charge in [0.25, 0.3) is 5.91 Å². The first-order valence-corrected chi connectivity index (χ1v) is 10.8. The van der Waals surface area contributed by atoms with Crippen molar-refractivity contribution in [2.24, 2.45) is 11.7 Å². The number of benzene rings is 1. The lowest BCUT2D eigenvalue weighted by molar-refractivity contribution is -0.140. The summed E-state index contributed by atoms with van der Waals surface area (Å²) in [6.45, 7) is 3.65. The van der Waals surface area contributed by atoms with Gasteiger partial charge in [0.05, 0.1) is 36.8 Å². The van der Waals surface area contributed by atoms with Gasteiger partial charge in [-0.05, 0) is 57.5 Å². The van der Waals surface area contributed by atoms with Crippen LogP contribution in [-0.2, 0) is 4.74 Å². The van der Waals surface area contributed by atoms with E-state index >= 15 is 0 Å². The summed E-state index contributed by atoms with van der Waals surface area (Å²) in [6.07, 6.45) is 4.14. The lowest BCUT2D eigenvalue weighted by Gasteiger charge is -2.50. The van der Waals surface area contributed by atoms with Gasteiger partial charge in [0.15, 0.2) is 5.82 Å². The van der Waals surface area contributed by atoms with Gasteiger partial charge in [0.2, 0.25) is 0 Å². The van der Waals surface area contributed by atoms with Gasteiger partial charge < -0.3 is 15.8 Å². The number of carbonyl (C=O) groups is 1. The minimum atomic E-state index is -0.567. The molecular formula is C22H27ClN6O2. The van der Waals surface area contributed by atoms with Crippen molar-refractivity contribution in [1.82, 2.24) is 14.7 Å². The molecule has 1 aromatic heterocycles. The standard InChI is InChI=1S/C22H27ClN6O2/c1-22(12-31-13-22)28(2)17-7-8-19(14(9-17)10-24)29-11-18(20(25)30)21(27-29)26-16-5-3-15(23)4-6-16/h3-6,11,14,17,19H,7-9,12-13H2,1-2H3,(H2,25,30)(H,26,27)/t14-,17+,19+/m1/s1. The largest absolute Gasteiger partial charge is 0.377 e. The van der Waals surface area contributed by atoms with Crippen molar-refractivity contribution < 1.29 is 9.53 Å². The molecule has 1 saturated heterocycles. The van der Waals surface area contributed by atoms with Gasteiger partial charge in [-0.1, -0.05) is 11.6 Å². The van der Waals surface area contributed by atoms with Crippen molar-refractivity contribution in [1.29, 1.82) is 5.26 Å². The number of likely N-dealkylation sites (N-methyl/N-ethyl adjacent to an activating group) is 1. The third-order valence-corrected chi connectivity index (χ3v) is 6.87. The summed E-state index contributed by atoms with van der Waals surface area (Å²) in [4.78, 5) is 14.4. The molecule has 1 aromatic carbocycles. The zero-order valence-corrected chi connectivity index (χ0v) is 18.5. The van der Waals surface area contributed by atoms with Crippen LogP contribution < -0.4 is 11.1 Å². The summed E-state index contributed by atoms with van der Waals surface area (Å²) < 4.78 is 7.14. The lowest BCUT2D eigenvalue weighted by atomic mass is 9.80. The minimum Gasteiger partial charge on any atom is -0.377 e. The summed E-state index contributed by atoms with van der Waals surface area (Å²) in [7, 11) is 2.12. The van der Waals surface area contributed by atoms with Crippen LogP contribution in [0.1, 0.15) is 42.6 Å². The van der Waals surface area contributed by atoms with E-state index < -0.39 is 5.91 Å². The summed E-state index contributed by atoms with van der Waals surface area (Å²) >= 11 is 5.95. The molecule has 1 aliphatic carbocycles. The van der Waals surface area contributed by atoms with E-state index in [9.17, 15) is 10.1 Å². The average Bonchev–Trinajstić information content (AvgIpc) is 3.16. The van der Waals surface area contributed by atoms with E-state index in [-0.39, 0.29) is 17.5 Å². The van der Waals surface area contributed by atoms with Gasteiger partial charge in [-0.3, -0.25) is 14.4 Å². The third-order valence-electron chi connectivity index (χ3n) is 6.62. The van der Waals surface area contributed by atoms with Crippen molar-refractivity contribution in [3.05, 3.63) is 41.0 Å². The van der Waals surface area contributed by atoms with Gasteiger partial charge in [-0.25, -0.2) is 0 Å². The smallest absolute Gasteiger partial charge is 0.254 e. The molecule has 1 aliphatic heterocycles. The number of rotatable bonds is 6. The second kappa shape index (κ2) is 8.50. The molecule has 9 heteroatoms. The molecule has 0 spiro atoms. The van der Waals surface area contributed by atoms with Crippen molar-refractivity contribution in [3.63, 3.8) is 0 Å². The van der Waals surface area contributed by atoms with E-state index in [4.69, 9.17) is 22.1 Å². The Hall–Kier alpha value is -2.60. The van der Waals surface area contributed by atoms with Gasteiger partial charge in [-0.15, -0.1) is 0 Å². The number of carbonyl (C=O) groups excluding carboxylic acids is 1. The van der Waals surface area contributed by atoms with Crippen molar-refractivity contribution in [2.45, 2.75) is 43.8 Å². The Morgan fingerprint density at radius 3 is 2.68 bits per heavy atom. The van der Waals surface area contributed by atoms with E-state index in [1.807, 2.05) is 0 Å². The number of hydrogen-bond donors (Lipinski definition) is 2. The van der Waals surface area contributed by atoms with Crippen LogP contribution in [0.5, 0.6) is 0 Å². The average molecular weight is 443 g/mol. The number of hydrogen-bond acceptors (Lipinski definition) is 6. The van der Waals surface area contributed by atoms with Crippen molar-refractivity contribution >= 4 is 29.0 Å². The van der Waals surface area contributed by atoms with E-state index in [1.165, 1.54) is 0 Å². The fourth-order valence-electron chi connectivity index (χ4n) is 4.49. The molecule has 3 N–H and O–H groups in total. The molecule has 2 aromatic rings. The first kappa shape index (κ1) is 21.6. The fourth-order valence-corrected chi connectivity index (χ4v) is 4.61. The normalized spacial score (nSPS) is 24.9. The molecule has 0 radical (unpaired) electrons. The number of ether oxygens (including phenoxy) is 1. The number of halogens is 1. The van der Waals surface area contributed by atoms with E-state index in [2.05, 4.69) is 35.4 Å². The Morgan fingerprint density at radius 1 is 1.39 bits per heavy atom. The SMILES string of the molecule is CN([C@H]1CC[C@H](n2cc(C(N)=O)c(Nc3ccc(Cl)cc3)n2)[C@@H](C#N)C1)C1(C)COC1. The van der Waals surface area contributed by atoms with Crippen LogP contribution >= 0.6 is 11.6 Å². The molecule has 164 valence electrons. The fraction of sp³-hybridized carbons (Fsp3) is 0.500. The number of nitriles is 1. The molecule has 1 saturated carbocycles. The predicted molar refractivity (Wildman–Crippen MR) is 118 cm³/mol. The van der Waals surface area contributed by atoms with Crippen LogP contribution in [0.25, 0.3) is 0 Å². The molecule has 2 heterocycles. The molecule has 8 nitrogen and oxygen atoms in total. The van der Waals surface area contributed by atoms with Gasteiger partial charge in [0.1, 0.15) is 5.56 Å². The molecule has 2 aliphatic rings. The van der Waals surface area contributed by atoms with E-state index in [0.717, 1.165) is 38.2 Å². The predicted octanol–water partition coefficient (Wildman–Crippen LogP) is 3.33. The van der Waals surface area contributed by atoms with Crippen molar-refractivity contribution in [3.8, 4) is 6.07 Å². The van der Waals surface area contributed by atoms with E-state index in [0.29, 0.717) is 22.4 Å². The maximum absolute atomic E-state index is 12.0. The third kappa shape index (κ3) is 4.26. The number of nitrogens with two attached hydrogens (primary N) is 1. The molecule has 2 fully saturated rings. The number of primary amides is 1. The van der Waals surface area contributed by atoms with Crippen molar-refractivity contribution in [2.75, 3.05) is 25.6 Å². The van der Waals surface area contributed by atoms with Crippen LogP contribution in [0.15, 0.2) is 30.5 Å². The second-order valence-corrected chi connectivity index (χ2v) is 9.17. The van der Waals surface area contributed by atoms with Crippen LogP contribution in [0.2, 0.25) is 5.02 Å². The highest BCUT2D eigenvalue weighted by molar-refractivity contribution is 6.30. The molecule has 1 amide bonds. The quantitative estimate of drug-likeness (QED) is 0.710. The Morgan fingerprint density at radius 2 is 2.10 bits per heavy atom. The Labute approximate surface area is 186 Å². The van der Waals surface area contributed by atoms with Gasteiger partial charge >= 0.3 is 0 Å². The van der Waals surface area contributed by atoms with Gasteiger partial charge in [-0.2, -0.15) is 10.4 Å². The summed E-state index contributed by atoms with van der Waals surface area (Å²) in [5, 5.41) is 18.2. The summed E-state index contributed by atoms with van der Waals surface area (Å²) in [6, 6.07) is 9.78. The van der Waals surface area contributed by atoms with Crippen LogP contribution in [0.3, 0.4) is 0 Å². The zero-order valence-electron chi connectivity index (χ0n) is 17.7. The highest BCUT2D eigenvalue weighted by Crippen LogP contribution is 2.39. The summed E-state index contributed by atoms with van der Waals surface area (Å²) in [5.74, 6) is -0.401. The summed E-state index contributed by atoms with van der Waals surface area (Å²) in [5.41, 5.74) is 6.68. The number of anilines is 2. The Bertz CT molecular complexity index is 994. The van der Waals surface area contributed by atoms with Crippen LogP contribution in [-0.4, -0.2) is 52.4 Å². The lowest BCUT2D eigenvalue weighted by Crippen LogP contribution is -2.62. The van der Waals surface area contributed by atoms with Crippen LogP contribution in [0.4, 0.5) is 11.5 Å². The number of amides is 1. The van der Waals surface area contributed by atoms with Gasteiger partial charge in [0, 0.05) is 22.9 Å². The monoisotopic (exact) mass is 442 g/mol. The first-order valence-electron chi connectivity index (χ1n) is 10.4. The first-order chi connectivity index (χ1) is 14.8. The molecule has 31 heavy (non-hydrogen) atoms. The molecule has 0 bridgehead atoms. The topological polar surface area (TPSA) is 109 Å². The minimum absolute atomic E-state index is 0.0397. The Kier molecular flexibility index (Phi) is 5.93. The maximum atomic E-state index is 12.0. The number of nitrogens with zero attached hydrogens (tertiary/aromatic N) is 4. The molecular weight excluding hydrogens is 416 g/mol. The highest BCUT2D eigenvalue weighted by atomic mass is 35.5. The van der Waals surface area contributed by atoms with Crippen LogP contribution in [0, 0.1) is 17.2 Å². The number of aromatic nitrogens is 2.